The summed E-state index contributed by atoms with van der Waals surface area (Å²) in [6.45, 7) is 1.78. The van der Waals surface area contributed by atoms with E-state index >= 15 is 0 Å². The van der Waals surface area contributed by atoms with Crippen LogP contribution in [-0.2, 0) is 4.74 Å². The fourth-order valence-corrected chi connectivity index (χ4v) is 4.57. The van der Waals surface area contributed by atoms with Crippen LogP contribution in [0.2, 0.25) is 0 Å². The Kier molecular flexibility index (Phi) is 5.54. The molecule has 0 bridgehead atoms. The SMILES string of the molecule is COC(=O)c1sc2ncnc(Nc3ccc(F)cc3O[C@H]3C[C@@H](O)[C@@H](O)C3)c2c1C. The fraction of sp³-hybridized carbons (Fsp3) is 0.350. The molecule has 2 heterocycles. The number of nitrogens with one attached hydrogen (secondary N) is 1. The number of carbonyl (C=O) groups is 1. The van der Waals surface area contributed by atoms with E-state index in [1.54, 1.807) is 6.92 Å². The zero-order chi connectivity index (χ0) is 21.4. The van der Waals surface area contributed by atoms with E-state index in [0.717, 1.165) is 0 Å². The molecule has 1 aromatic carbocycles. The van der Waals surface area contributed by atoms with Crippen molar-refractivity contribution in [3.63, 3.8) is 0 Å². The molecule has 3 atom stereocenters. The lowest BCUT2D eigenvalue weighted by Gasteiger charge is -2.17. The van der Waals surface area contributed by atoms with Gasteiger partial charge in [0.2, 0.25) is 0 Å². The van der Waals surface area contributed by atoms with Crippen LogP contribution in [0.15, 0.2) is 24.5 Å². The summed E-state index contributed by atoms with van der Waals surface area (Å²) in [5.41, 5.74) is 1.13. The normalized spacial score (nSPS) is 21.0. The lowest BCUT2D eigenvalue weighted by Crippen LogP contribution is -2.17. The number of ether oxygens (including phenoxy) is 2. The van der Waals surface area contributed by atoms with E-state index in [0.29, 0.717) is 32.2 Å². The summed E-state index contributed by atoms with van der Waals surface area (Å²) in [6, 6.07) is 4.04. The molecule has 0 radical (unpaired) electrons. The predicted octanol–water partition coefficient (Wildman–Crippen LogP) is 2.93. The van der Waals surface area contributed by atoms with Crippen molar-refractivity contribution < 1.29 is 28.9 Å². The second-order valence-electron chi connectivity index (χ2n) is 7.06. The number of hydrogen-bond acceptors (Lipinski definition) is 9. The minimum Gasteiger partial charge on any atom is -0.488 e. The number of rotatable bonds is 5. The third-order valence-electron chi connectivity index (χ3n) is 5.04. The standard InChI is InChI=1S/C20H20FN3O5S/c1-9-16-18(22-8-23-19(16)30-17(9)20(27)28-2)24-12-4-3-10(21)5-15(12)29-11-6-13(25)14(26)7-11/h3-5,8,11,13-14,25-26H,6-7H2,1-2H3,(H,22,23,24)/t11-,13+,14-. The first-order chi connectivity index (χ1) is 14.4. The number of halogens is 1. The number of thiophene rings is 1. The Bertz CT molecular complexity index is 1100. The molecule has 0 unspecified atom stereocenters. The van der Waals surface area contributed by atoms with E-state index in [1.165, 1.54) is 43.0 Å². The van der Waals surface area contributed by atoms with E-state index in [-0.39, 0.29) is 18.6 Å². The number of benzene rings is 1. The first-order valence-corrected chi connectivity index (χ1v) is 10.1. The first kappa shape index (κ1) is 20.5. The largest absolute Gasteiger partial charge is 0.488 e. The Morgan fingerprint density at radius 3 is 2.70 bits per heavy atom. The van der Waals surface area contributed by atoms with Gasteiger partial charge in [0.05, 0.1) is 30.4 Å². The Labute approximate surface area is 175 Å². The highest BCUT2D eigenvalue weighted by Crippen LogP contribution is 2.37. The Morgan fingerprint density at radius 2 is 2.00 bits per heavy atom. The summed E-state index contributed by atoms with van der Waals surface area (Å²) in [5.74, 6) is -0.270. The van der Waals surface area contributed by atoms with Crippen molar-refractivity contribution in [2.24, 2.45) is 0 Å². The molecule has 1 fully saturated rings. The number of aromatic nitrogens is 2. The molecular formula is C20H20FN3O5S. The van der Waals surface area contributed by atoms with Crippen molar-refractivity contribution in [2.75, 3.05) is 12.4 Å². The van der Waals surface area contributed by atoms with E-state index in [1.807, 2.05) is 0 Å². The monoisotopic (exact) mass is 433 g/mol. The average molecular weight is 433 g/mol. The molecule has 1 saturated carbocycles. The van der Waals surface area contributed by atoms with Gasteiger partial charge in [-0.2, -0.15) is 0 Å². The van der Waals surface area contributed by atoms with Gasteiger partial charge >= 0.3 is 5.97 Å². The molecule has 0 spiro atoms. The Morgan fingerprint density at radius 1 is 1.27 bits per heavy atom. The predicted molar refractivity (Wildman–Crippen MR) is 109 cm³/mol. The number of aliphatic hydroxyl groups is 2. The van der Waals surface area contributed by atoms with Gasteiger partial charge in [-0.05, 0) is 24.6 Å². The molecule has 8 nitrogen and oxygen atoms in total. The average Bonchev–Trinajstić information content (AvgIpc) is 3.22. The van der Waals surface area contributed by atoms with Crippen LogP contribution in [0.4, 0.5) is 15.9 Å². The van der Waals surface area contributed by atoms with Gasteiger partial charge in [-0.1, -0.05) is 0 Å². The number of hydrogen-bond donors (Lipinski definition) is 3. The van der Waals surface area contributed by atoms with Gasteiger partial charge in [0.1, 0.15) is 39.5 Å². The van der Waals surface area contributed by atoms with Gasteiger partial charge in [0.15, 0.2) is 0 Å². The van der Waals surface area contributed by atoms with Crippen LogP contribution in [0.5, 0.6) is 5.75 Å². The third kappa shape index (κ3) is 3.81. The minimum atomic E-state index is -0.869. The molecule has 2 aromatic heterocycles. The van der Waals surface area contributed by atoms with Gasteiger partial charge in [-0.15, -0.1) is 11.3 Å². The number of aliphatic hydroxyl groups excluding tert-OH is 2. The molecule has 3 N–H and O–H groups in total. The summed E-state index contributed by atoms with van der Waals surface area (Å²) in [4.78, 5) is 21.6. The Balaban J connectivity index is 1.69. The zero-order valence-electron chi connectivity index (χ0n) is 16.3. The maximum atomic E-state index is 13.9. The molecule has 4 rings (SSSR count). The van der Waals surface area contributed by atoms with Gasteiger partial charge in [0, 0.05) is 18.9 Å². The molecule has 0 saturated heterocycles. The first-order valence-electron chi connectivity index (χ1n) is 9.29. The van der Waals surface area contributed by atoms with Crippen LogP contribution in [0.1, 0.15) is 28.1 Å². The second kappa shape index (κ2) is 8.13. The smallest absolute Gasteiger partial charge is 0.348 e. The number of fused-ring (bicyclic) bond motifs is 1. The highest BCUT2D eigenvalue weighted by atomic mass is 32.1. The van der Waals surface area contributed by atoms with Crippen LogP contribution in [0.25, 0.3) is 10.2 Å². The van der Waals surface area contributed by atoms with Crippen LogP contribution in [0, 0.1) is 12.7 Å². The number of carbonyl (C=O) groups excluding carboxylic acids is 1. The number of aryl methyl sites for hydroxylation is 1. The summed E-state index contributed by atoms with van der Waals surface area (Å²) < 4.78 is 24.6. The summed E-state index contributed by atoms with van der Waals surface area (Å²) in [7, 11) is 1.32. The third-order valence-corrected chi connectivity index (χ3v) is 6.22. The molecule has 10 heteroatoms. The van der Waals surface area contributed by atoms with E-state index in [4.69, 9.17) is 9.47 Å². The zero-order valence-corrected chi connectivity index (χ0v) is 17.1. The van der Waals surface area contributed by atoms with Crippen molar-refractivity contribution >= 4 is 39.0 Å². The van der Waals surface area contributed by atoms with Crippen LogP contribution < -0.4 is 10.1 Å². The number of anilines is 2. The number of esters is 1. The molecule has 0 amide bonds. The highest BCUT2D eigenvalue weighted by molar-refractivity contribution is 7.20. The molecule has 3 aromatic rings. The molecular weight excluding hydrogens is 413 g/mol. The van der Waals surface area contributed by atoms with Crippen LogP contribution >= 0.6 is 11.3 Å². The van der Waals surface area contributed by atoms with Crippen LogP contribution in [0.3, 0.4) is 0 Å². The van der Waals surface area contributed by atoms with Gasteiger partial charge in [0.25, 0.3) is 0 Å². The highest BCUT2D eigenvalue weighted by Gasteiger charge is 2.33. The number of methoxy groups -OCH3 is 1. The molecule has 1 aliphatic carbocycles. The fourth-order valence-electron chi connectivity index (χ4n) is 3.50. The quantitative estimate of drug-likeness (QED) is 0.527. The number of nitrogens with zero attached hydrogens (tertiary/aromatic N) is 2. The molecule has 30 heavy (non-hydrogen) atoms. The van der Waals surface area contributed by atoms with Gasteiger partial charge in [-0.25, -0.2) is 19.2 Å². The van der Waals surface area contributed by atoms with Crippen molar-refractivity contribution in [1.29, 1.82) is 0 Å². The maximum absolute atomic E-state index is 13.9. The van der Waals surface area contributed by atoms with Crippen molar-refractivity contribution in [2.45, 2.75) is 38.1 Å². The molecule has 1 aliphatic rings. The second-order valence-corrected chi connectivity index (χ2v) is 8.06. The topological polar surface area (TPSA) is 114 Å². The van der Waals surface area contributed by atoms with Crippen LogP contribution in [-0.4, -0.2) is 51.6 Å². The van der Waals surface area contributed by atoms with Gasteiger partial charge in [-0.3, -0.25) is 0 Å². The minimum absolute atomic E-state index is 0.231. The molecule has 158 valence electrons. The lowest BCUT2D eigenvalue weighted by molar-refractivity contribution is 0.0438. The Hall–Kier alpha value is -2.82. The van der Waals surface area contributed by atoms with Gasteiger partial charge < -0.3 is 25.0 Å². The van der Waals surface area contributed by atoms with E-state index in [9.17, 15) is 19.4 Å². The summed E-state index contributed by atoms with van der Waals surface area (Å²) >= 11 is 1.20. The van der Waals surface area contributed by atoms with Crippen molar-refractivity contribution in [1.82, 2.24) is 9.97 Å². The summed E-state index contributed by atoms with van der Waals surface area (Å²) in [6.07, 6.45) is -0.313. The maximum Gasteiger partial charge on any atom is 0.348 e. The van der Waals surface area contributed by atoms with Crippen molar-refractivity contribution in [3.8, 4) is 5.75 Å². The van der Waals surface area contributed by atoms with E-state index in [2.05, 4.69) is 15.3 Å². The summed E-state index contributed by atoms with van der Waals surface area (Å²) in [5, 5.41) is 23.3. The van der Waals surface area contributed by atoms with E-state index < -0.39 is 30.1 Å². The molecule has 0 aliphatic heterocycles. The lowest BCUT2D eigenvalue weighted by atomic mass is 10.2. The van der Waals surface area contributed by atoms with Crippen molar-refractivity contribution in [3.05, 3.63) is 40.8 Å².